The van der Waals surface area contributed by atoms with Crippen molar-refractivity contribution in [3.05, 3.63) is 35.6 Å². The summed E-state index contributed by atoms with van der Waals surface area (Å²) in [6.07, 6.45) is -5.11. The lowest BCUT2D eigenvalue weighted by Gasteiger charge is -2.45. The Morgan fingerprint density at radius 2 is 1.88 bits per heavy atom. The second kappa shape index (κ2) is 6.85. The smallest absolute Gasteiger partial charge is 0.378 e. The van der Waals surface area contributed by atoms with Gasteiger partial charge in [0.15, 0.2) is 5.60 Å². The normalized spacial score (nSPS) is 28.0. The van der Waals surface area contributed by atoms with E-state index in [0.29, 0.717) is 0 Å². The van der Waals surface area contributed by atoms with E-state index in [4.69, 9.17) is 9.88 Å². The van der Waals surface area contributed by atoms with Crippen molar-refractivity contribution >= 4 is 11.0 Å². The largest absolute Gasteiger partial charge is 0.419 e. The van der Waals surface area contributed by atoms with Crippen molar-refractivity contribution in [3.8, 4) is 0 Å². The standard InChI is InChI=1S/C17H23F4NO3S/c1-14(2,26(22)24)9-15(3,11-6-4-5-7-12(11)18)13-8-25-10-16(13,23)17(19,20)21/h4-7,13,23H,8-10,22H2,1-3H3/t13-,15-,16-,26?/m1/s1. The van der Waals surface area contributed by atoms with E-state index in [0.717, 1.165) is 6.07 Å². The minimum atomic E-state index is -4.97. The van der Waals surface area contributed by atoms with Crippen LogP contribution in [0.3, 0.4) is 0 Å². The summed E-state index contributed by atoms with van der Waals surface area (Å²) in [7, 11) is -1.87. The monoisotopic (exact) mass is 397 g/mol. The summed E-state index contributed by atoms with van der Waals surface area (Å²) in [6, 6.07) is 5.44. The third-order valence-electron chi connectivity index (χ3n) is 5.27. The van der Waals surface area contributed by atoms with E-state index in [1.54, 1.807) is 0 Å². The molecule has 0 radical (unpaired) electrons. The number of benzene rings is 1. The molecule has 26 heavy (non-hydrogen) atoms. The number of hydrogen-bond acceptors (Lipinski definition) is 3. The van der Waals surface area contributed by atoms with E-state index in [2.05, 4.69) is 0 Å². The first-order valence-corrected chi connectivity index (χ1v) is 9.25. The zero-order chi connectivity index (χ0) is 20.0. The van der Waals surface area contributed by atoms with Gasteiger partial charge in [-0.1, -0.05) is 25.1 Å². The number of alkyl halides is 3. The molecule has 0 bridgehead atoms. The quantitative estimate of drug-likeness (QED) is 0.751. The van der Waals surface area contributed by atoms with Gasteiger partial charge in [-0.3, -0.25) is 5.14 Å². The highest BCUT2D eigenvalue weighted by atomic mass is 32.2. The summed E-state index contributed by atoms with van der Waals surface area (Å²) in [5, 5.41) is 15.9. The van der Waals surface area contributed by atoms with Gasteiger partial charge in [-0.2, -0.15) is 13.2 Å². The molecule has 0 aromatic heterocycles. The van der Waals surface area contributed by atoms with Crippen molar-refractivity contribution in [2.24, 2.45) is 11.1 Å². The van der Waals surface area contributed by atoms with Crippen LogP contribution in [-0.2, 0) is 21.1 Å². The lowest BCUT2D eigenvalue weighted by atomic mass is 9.62. The number of aliphatic hydroxyl groups is 1. The molecule has 2 rings (SSSR count). The van der Waals surface area contributed by atoms with E-state index in [9.17, 15) is 26.9 Å². The summed E-state index contributed by atoms with van der Waals surface area (Å²) in [5.74, 6) is -2.19. The van der Waals surface area contributed by atoms with Gasteiger partial charge in [0.25, 0.3) is 0 Å². The fourth-order valence-electron chi connectivity index (χ4n) is 3.85. The van der Waals surface area contributed by atoms with Crippen LogP contribution in [0.1, 0.15) is 32.8 Å². The summed E-state index contributed by atoms with van der Waals surface area (Å²) in [4.78, 5) is 0. The summed E-state index contributed by atoms with van der Waals surface area (Å²) in [6.45, 7) is 3.15. The Morgan fingerprint density at radius 3 is 2.38 bits per heavy atom. The van der Waals surface area contributed by atoms with Crippen LogP contribution in [0.5, 0.6) is 0 Å². The Balaban J connectivity index is 2.65. The van der Waals surface area contributed by atoms with Crippen LogP contribution >= 0.6 is 0 Å². The molecule has 1 heterocycles. The van der Waals surface area contributed by atoms with Crippen molar-refractivity contribution in [1.82, 2.24) is 0 Å². The topological polar surface area (TPSA) is 72.6 Å². The molecule has 1 aromatic carbocycles. The zero-order valence-corrected chi connectivity index (χ0v) is 15.6. The molecule has 4 nitrogen and oxygen atoms in total. The van der Waals surface area contributed by atoms with E-state index < -0.39 is 57.9 Å². The number of rotatable bonds is 5. The van der Waals surface area contributed by atoms with Gasteiger partial charge in [-0.25, -0.2) is 8.60 Å². The molecule has 3 N–H and O–H groups in total. The van der Waals surface area contributed by atoms with Gasteiger partial charge < -0.3 is 9.84 Å². The summed E-state index contributed by atoms with van der Waals surface area (Å²) in [5.41, 5.74) is -4.67. The molecule has 1 aliphatic heterocycles. The van der Waals surface area contributed by atoms with E-state index in [-0.39, 0.29) is 12.0 Å². The minimum Gasteiger partial charge on any atom is -0.378 e. The predicted molar refractivity (Wildman–Crippen MR) is 90.1 cm³/mol. The molecular formula is C17H23F4NO3S. The Hall–Kier alpha value is -1.03. The number of ether oxygens (including phenoxy) is 1. The minimum absolute atomic E-state index is 0.00306. The number of halogens is 4. The van der Waals surface area contributed by atoms with Gasteiger partial charge in [0.05, 0.1) is 28.9 Å². The third-order valence-corrected chi connectivity index (χ3v) is 6.50. The molecule has 1 aromatic rings. The predicted octanol–water partition coefficient (Wildman–Crippen LogP) is 2.81. The van der Waals surface area contributed by atoms with Crippen LogP contribution < -0.4 is 5.14 Å². The van der Waals surface area contributed by atoms with Gasteiger partial charge in [0.1, 0.15) is 5.82 Å². The van der Waals surface area contributed by atoms with E-state index >= 15 is 0 Å². The van der Waals surface area contributed by atoms with Crippen LogP contribution in [0, 0.1) is 11.7 Å². The van der Waals surface area contributed by atoms with Crippen molar-refractivity contribution in [2.75, 3.05) is 13.2 Å². The van der Waals surface area contributed by atoms with Crippen LogP contribution in [0.2, 0.25) is 0 Å². The number of nitrogens with two attached hydrogens (primary N) is 1. The molecular weight excluding hydrogens is 374 g/mol. The van der Waals surface area contributed by atoms with Gasteiger partial charge in [-0.15, -0.1) is 0 Å². The van der Waals surface area contributed by atoms with Gasteiger partial charge in [-0.05, 0) is 31.9 Å². The van der Waals surface area contributed by atoms with E-state index in [1.807, 2.05) is 0 Å². The van der Waals surface area contributed by atoms with Crippen molar-refractivity contribution in [1.29, 1.82) is 0 Å². The Bertz CT molecular complexity index is 697. The highest BCUT2D eigenvalue weighted by Crippen LogP contribution is 2.52. The average Bonchev–Trinajstić information content (AvgIpc) is 2.90. The van der Waals surface area contributed by atoms with Gasteiger partial charge in [0.2, 0.25) is 0 Å². The van der Waals surface area contributed by atoms with Crippen LogP contribution in [0.4, 0.5) is 17.6 Å². The first-order chi connectivity index (χ1) is 11.8. The molecule has 1 aliphatic rings. The maximum absolute atomic E-state index is 14.6. The molecule has 0 spiro atoms. The van der Waals surface area contributed by atoms with Crippen LogP contribution in [0.25, 0.3) is 0 Å². The first kappa shape index (κ1) is 21.3. The van der Waals surface area contributed by atoms with Gasteiger partial charge >= 0.3 is 6.18 Å². The molecule has 9 heteroatoms. The molecule has 1 fully saturated rings. The second-order valence-corrected chi connectivity index (χ2v) is 9.32. The zero-order valence-electron chi connectivity index (χ0n) is 14.8. The molecule has 1 saturated heterocycles. The fraction of sp³-hybridized carbons (Fsp3) is 0.647. The lowest BCUT2D eigenvalue weighted by Crippen LogP contribution is -2.58. The Morgan fingerprint density at radius 1 is 1.31 bits per heavy atom. The maximum Gasteiger partial charge on any atom is 0.419 e. The van der Waals surface area contributed by atoms with Crippen molar-refractivity contribution in [2.45, 2.75) is 49.1 Å². The fourth-order valence-corrected chi connectivity index (χ4v) is 4.29. The third kappa shape index (κ3) is 3.54. The molecule has 0 aliphatic carbocycles. The molecule has 4 atom stereocenters. The Labute approximate surface area is 152 Å². The number of hydrogen-bond donors (Lipinski definition) is 2. The molecule has 0 saturated carbocycles. The van der Waals surface area contributed by atoms with Crippen LogP contribution in [0.15, 0.2) is 24.3 Å². The SMILES string of the molecule is CC(C)(C[C@](C)(c1ccccc1F)[C@H]1COC[C@]1(O)C(F)(F)F)S(N)=O. The summed E-state index contributed by atoms with van der Waals surface area (Å²) >= 11 is 0. The van der Waals surface area contributed by atoms with Gasteiger partial charge in [0, 0.05) is 11.3 Å². The molecule has 0 amide bonds. The Kier molecular flexibility index (Phi) is 5.60. The van der Waals surface area contributed by atoms with Crippen molar-refractivity contribution < 1.29 is 31.6 Å². The lowest BCUT2D eigenvalue weighted by molar-refractivity contribution is -0.276. The summed E-state index contributed by atoms with van der Waals surface area (Å²) < 4.78 is 71.2. The molecule has 148 valence electrons. The highest BCUT2D eigenvalue weighted by Gasteiger charge is 2.66. The average molecular weight is 397 g/mol. The van der Waals surface area contributed by atoms with Crippen molar-refractivity contribution in [3.63, 3.8) is 0 Å². The first-order valence-electron chi connectivity index (χ1n) is 8.04. The second-order valence-electron chi connectivity index (χ2n) is 7.62. The van der Waals surface area contributed by atoms with Crippen LogP contribution in [-0.4, -0.2) is 39.1 Å². The highest BCUT2D eigenvalue weighted by molar-refractivity contribution is 7.84. The van der Waals surface area contributed by atoms with E-state index in [1.165, 1.54) is 39.0 Å². The maximum atomic E-state index is 14.6. The molecule has 1 unspecified atom stereocenters.